The Bertz CT molecular complexity index is 1070. The Labute approximate surface area is 176 Å². The van der Waals surface area contributed by atoms with Crippen molar-refractivity contribution in [1.29, 1.82) is 0 Å². The maximum absolute atomic E-state index is 12.4. The Kier molecular flexibility index (Phi) is 6.47. The van der Waals surface area contributed by atoms with Crippen LogP contribution < -0.4 is 11.1 Å². The summed E-state index contributed by atoms with van der Waals surface area (Å²) in [6.45, 7) is 4.78. The molecule has 0 unspecified atom stereocenters. The number of anilines is 1. The first-order chi connectivity index (χ1) is 14.3. The molecule has 0 fully saturated rings. The minimum absolute atomic E-state index is 0.0570. The van der Waals surface area contributed by atoms with Gasteiger partial charge >= 0.3 is 0 Å². The second kappa shape index (κ2) is 9.04. The van der Waals surface area contributed by atoms with Crippen LogP contribution in [0, 0.1) is 13.8 Å². The predicted octanol–water partition coefficient (Wildman–Crippen LogP) is 2.12. The molecule has 1 aromatic carbocycles. The van der Waals surface area contributed by atoms with Gasteiger partial charge in [0.15, 0.2) is 11.3 Å². The highest BCUT2D eigenvalue weighted by Gasteiger charge is 2.17. The summed E-state index contributed by atoms with van der Waals surface area (Å²) in [5.41, 5.74) is 10.6. The second-order valence-electron chi connectivity index (χ2n) is 7.71. The summed E-state index contributed by atoms with van der Waals surface area (Å²) in [5.74, 6) is -0.665. The topological polar surface area (TPSA) is 106 Å². The zero-order valence-electron chi connectivity index (χ0n) is 17.9. The maximum atomic E-state index is 12.4. The fourth-order valence-corrected chi connectivity index (χ4v) is 3.43. The number of benzene rings is 1. The standard InChI is InChI=1S/C22H28N6O2/c1-14-18(15(2)28-13-24-20(21(23)30)22(28)25-14)9-10-19(29)26-17-7-5-16(6-8-17)11-12-27(3)4/h5-8,13H,9-12H2,1-4H3,(H2,23,30)(H,26,29). The van der Waals surface area contributed by atoms with Crippen LogP contribution in [0.25, 0.3) is 5.65 Å². The molecule has 0 aliphatic heterocycles. The summed E-state index contributed by atoms with van der Waals surface area (Å²) in [6.07, 6.45) is 3.38. The molecule has 2 heterocycles. The lowest BCUT2D eigenvalue weighted by atomic mass is 10.1. The van der Waals surface area contributed by atoms with Crippen LogP contribution >= 0.6 is 0 Å². The summed E-state index contributed by atoms with van der Waals surface area (Å²) in [4.78, 5) is 34.6. The first kappa shape index (κ1) is 21.4. The van der Waals surface area contributed by atoms with Crippen molar-refractivity contribution < 1.29 is 9.59 Å². The zero-order valence-corrected chi connectivity index (χ0v) is 17.9. The van der Waals surface area contributed by atoms with Crippen LogP contribution in [0.3, 0.4) is 0 Å². The molecule has 158 valence electrons. The van der Waals surface area contributed by atoms with Crippen molar-refractivity contribution in [2.45, 2.75) is 33.1 Å². The molecule has 8 heteroatoms. The number of rotatable bonds is 8. The van der Waals surface area contributed by atoms with Crippen molar-refractivity contribution in [2.75, 3.05) is 26.0 Å². The van der Waals surface area contributed by atoms with Gasteiger partial charge in [-0.15, -0.1) is 0 Å². The number of amides is 2. The molecule has 3 N–H and O–H groups in total. The van der Waals surface area contributed by atoms with Gasteiger partial charge in [0.2, 0.25) is 5.91 Å². The lowest BCUT2D eigenvalue weighted by Gasteiger charge is -2.12. The van der Waals surface area contributed by atoms with Gasteiger partial charge in [-0.3, -0.25) is 14.0 Å². The highest BCUT2D eigenvalue weighted by atomic mass is 16.2. The van der Waals surface area contributed by atoms with Gasteiger partial charge in [-0.1, -0.05) is 12.1 Å². The highest BCUT2D eigenvalue weighted by molar-refractivity contribution is 5.96. The van der Waals surface area contributed by atoms with Crippen LogP contribution in [0.2, 0.25) is 0 Å². The van der Waals surface area contributed by atoms with Gasteiger partial charge in [0.05, 0.1) is 0 Å². The zero-order chi connectivity index (χ0) is 21.8. The molecule has 3 aromatic rings. The Hall–Kier alpha value is -3.26. The van der Waals surface area contributed by atoms with E-state index in [0.29, 0.717) is 18.5 Å². The number of aryl methyl sites for hydroxylation is 2. The number of fused-ring (bicyclic) bond motifs is 1. The van der Waals surface area contributed by atoms with Gasteiger partial charge in [0.1, 0.15) is 6.33 Å². The Balaban J connectivity index is 1.64. The minimum atomic E-state index is -0.608. The number of aromatic nitrogens is 3. The predicted molar refractivity (Wildman–Crippen MR) is 117 cm³/mol. The van der Waals surface area contributed by atoms with Crippen LogP contribution in [0.5, 0.6) is 0 Å². The third-order valence-electron chi connectivity index (χ3n) is 5.17. The van der Waals surface area contributed by atoms with Crippen molar-refractivity contribution in [3.05, 3.63) is 58.8 Å². The maximum Gasteiger partial charge on any atom is 0.271 e. The number of nitrogens with two attached hydrogens (primary N) is 1. The number of imidazole rings is 1. The molecule has 0 aliphatic rings. The quantitative estimate of drug-likeness (QED) is 0.594. The van der Waals surface area contributed by atoms with E-state index < -0.39 is 5.91 Å². The van der Waals surface area contributed by atoms with Crippen molar-refractivity contribution in [3.8, 4) is 0 Å². The van der Waals surface area contributed by atoms with E-state index in [1.807, 2.05) is 38.1 Å². The number of hydrogen-bond donors (Lipinski definition) is 2. The second-order valence-corrected chi connectivity index (χ2v) is 7.71. The fourth-order valence-electron chi connectivity index (χ4n) is 3.43. The molecule has 0 aliphatic carbocycles. The number of nitrogens with zero attached hydrogens (tertiary/aromatic N) is 4. The largest absolute Gasteiger partial charge is 0.364 e. The van der Waals surface area contributed by atoms with E-state index in [1.165, 1.54) is 5.56 Å². The number of carbonyl (C=O) groups excluding carboxylic acids is 2. The van der Waals surface area contributed by atoms with Crippen molar-refractivity contribution >= 4 is 23.1 Å². The monoisotopic (exact) mass is 408 g/mol. The first-order valence-corrected chi connectivity index (χ1v) is 9.92. The van der Waals surface area contributed by atoms with Crippen molar-refractivity contribution in [1.82, 2.24) is 19.3 Å². The van der Waals surface area contributed by atoms with Crippen LogP contribution in [0.4, 0.5) is 5.69 Å². The normalized spacial score (nSPS) is 11.2. The molecule has 0 saturated heterocycles. The molecule has 2 aromatic heterocycles. The molecule has 30 heavy (non-hydrogen) atoms. The van der Waals surface area contributed by atoms with Crippen LogP contribution in [0.15, 0.2) is 30.6 Å². The Morgan fingerprint density at radius 3 is 2.47 bits per heavy atom. The molecule has 0 bridgehead atoms. The number of carbonyl (C=O) groups is 2. The van der Waals surface area contributed by atoms with Crippen molar-refractivity contribution in [3.63, 3.8) is 0 Å². The molecular formula is C22H28N6O2. The molecule has 0 radical (unpaired) electrons. The average Bonchev–Trinajstić information content (AvgIpc) is 3.11. The first-order valence-electron chi connectivity index (χ1n) is 9.92. The van der Waals surface area contributed by atoms with Gasteiger partial charge < -0.3 is 16.0 Å². The number of nitrogens with one attached hydrogen (secondary N) is 1. The van der Waals surface area contributed by atoms with Gasteiger partial charge in [-0.2, -0.15) is 0 Å². The van der Waals surface area contributed by atoms with E-state index in [4.69, 9.17) is 5.73 Å². The van der Waals surface area contributed by atoms with Gasteiger partial charge in [0.25, 0.3) is 5.91 Å². The third kappa shape index (κ3) is 4.83. The summed E-state index contributed by atoms with van der Waals surface area (Å²) in [7, 11) is 4.10. The molecule has 0 spiro atoms. The average molecular weight is 409 g/mol. The minimum Gasteiger partial charge on any atom is -0.364 e. The third-order valence-corrected chi connectivity index (χ3v) is 5.17. The van der Waals surface area contributed by atoms with Crippen molar-refractivity contribution in [2.24, 2.45) is 5.73 Å². The summed E-state index contributed by atoms with van der Waals surface area (Å²) in [6, 6.07) is 7.95. The van der Waals surface area contributed by atoms with Crippen LogP contribution in [0.1, 0.15) is 39.4 Å². The van der Waals surface area contributed by atoms with Gasteiger partial charge in [-0.05, 0) is 64.0 Å². The lowest BCUT2D eigenvalue weighted by Crippen LogP contribution is -2.16. The van der Waals surface area contributed by atoms with E-state index in [1.54, 1.807) is 10.7 Å². The van der Waals surface area contributed by atoms with E-state index in [2.05, 4.69) is 34.3 Å². The van der Waals surface area contributed by atoms with E-state index >= 15 is 0 Å². The van der Waals surface area contributed by atoms with Gasteiger partial charge in [0, 0.05) is 30.0 Å². The van der Waals surface area contributed by atoms with E-state index in [-0.39, 0.29) is 11.6 Å². The summed E-state index contributed by atoms with van der Waals surface area (Å²) in [5, 5.41) is 2.95. The fraction of sp³-hybridized carbons (Fsp3) is 0.364. The smallest absolute Gasteiger partial charge is 0.271 e. The lowest BCUT2D eigenvalue weighted by molar-refractivity contribution is -0.116. The van der Waals surface area contributed by atoms with Gasteiger partial charge in [-0.25, -0.2) is 9.97 Å². The number of likely N-dealkylation sites (N-methyl/N-ethyl adjacent to an activating group) is 1. The molecule has 8 nitrogen and oxygen atoms in total. The molecule has 0 saturated carbocycles. The molecular weight excluding hydrogens is 380 g/mol. The summed E-state index contributed by atoms with van der Waals surface area (Å²) < 4.78 is 1.74. The number of hydrogen-bond acceptors (Lipinski definition) is 5. The SMILES string of the molecule is Cc1nc2c(C(N)=O)ncn2c(C)c1CCC(=O)Nc1ccc(CCN(C)C)cc1. The van der Waals surface area contributed by atoms with E-state index in [9.17, 15) is 9.59 Å². The molecule has 3 rings (SSSR count). The van der Waals surface area contributed by atoms with E-state index in [0.717, 1.165) is 35.6 Å². The Morgan fingerprint density at radius 1 is 1.13 bits per heavy atom. The summed E-state index contributed by atoms with van der Waals surface area (Å²) >= 11 is 0. The molecule has 2 amide bonds. The van der Waals surface area contributed by atoms with Crippen LogP contribution in [-0.2, 0) is 17.6 Å². The Morgan fingerprint density at radius 2 is 1.83 bits per heavy atom. The number of primary amides is 1. The van der Waals surface area contributed by atoms with Crippen LogP contribution in [-0.4, -0.2) is 51.7 Å². The highest BCUT2D eigenvalue weighted by Crippen LogP contribution is 2.19. The molecule has 0 atom stereocenters.